The lowest BCUT2D eigenvalue weighted by Crippen LogP contribution is -2.39. The summed E-state index contributed by atoms with van der Waals surface area (Å²) in [6.07, 6.45) is 2.42. The molecule has 1 aliphatic heterocycles. The van der Waals surface area contributed by atoms with E-state index in [9.17, 15) is 0 Å². The number of ether oxygens (including phenoxy) is 1. The van der Waals surface area contributed by atoms with Gasteiger partial charge in [0.15, 0.2) is 0 Å². The van der Waals surface area contributed by atoms with Gasteiger partial charge in [-0.05, 0) is 39.2 Å². The van der Waals surface area contributed by atoms with Gasteiger partial charge >= 0.3 is 0 Å². The van der Waals surface area contributed by atoms with Crippen LogP contribution in [0.1, 0.15) is 46.0 Å². The molecule has 0 saturated carbocycles. The second-order valence-electron chi connectivity index (χ2n) is 6.15. The monoisotopic (exact) mass is 279 g/mol. The quantitative estimate of drug-likeness (QED) is 0.900. The van der Waals surface area contributed by atoms with Crippen LogP contribution in [-0.4, -0.2) is 28.0 Å². The fourth-order valence-corrected chi connectivity index (χ4v) is 3.54. The van der Waals surface area contributed by atoms with Crippen LogP contribution in [0.3, 0.4) is 0 Å². The Labute approximate surface area is 122 Å². The van der Waals surface area contributed by atoms with Gasteiger partial charge in [-0.25, -0.2) is 0 Å². The summed E-state index contributed by atoms with van der Waals surface area (Å²) in [4.78, 5) is 0. The van der Waals surface area contributed by atoms with E-state index in [2.05, 4.69) is 50.5 Å². The molecule has 0 amide bonds. The number of hydrogen-bond acceptors (Lipinski definition) is 3. The van der Waals surface area contributed by atoms with E-state index in [0.717, 1.165) is 25.1 Å². The molecule has 1 fully saturated rings. The lowest BCUT2D eigenvalue weighted by Gasteiger charge is -2.25. The van der Waals surface area contributed by atoms with Crippen molar-refractivity contribution in [3.63, 3.8) is 0 Å². The highest BCUT2D eigenvalue weighted by molar-refractivity contribution is 5.12. The Bertz CT molecular complexity index is 443. The number of nitrogens with zero attached hydrogens (tertiary/aromatic N) is 2. The van der Waals surface area contributed by atoms with E-state index in [1.54, 1.807) is 0 Å². The molecule has 0 bridgehead atoms. The predicted molar refractivity (Wildman–Crippen MR) is 81.6 cm³/mol. The normalized spacial score (nSPS) is 31.7. The first-order chi connectivity index (χ1) is 9.47. The van der Waals surface area contributed by atoms with Crippen molar-refractivity contribution in [3.8, 4) is 0 Å². The molecule has 0 radical (unpaired) electrons. The van der Waals surface area contributed by atoms with Crippen molar-refractivity contribution < 1.29 is 4.74 Å². The molecule has 0 spiro atoms. The molecule has 1 saturated heterocycles. The molecular weight excluding hydrogens is 250 g/mol. The van der Waals surface area contributed by atoms with Crippen molar-refractivity contribution in [2.24, 2.45) is 17.6 Å². The number of aryl methyl sites for hydroxylation is 2. The lowest BCUT2D eigenvalue weighted by atomic mass is 9.82. The molecular formula is C16H29N3O. The van der Waals surface area contributed by atoms with Crippen LogP contribution in [0.15, 0.2) is 6.07 Å². The summed E-state index contributed by atoms with van der Waals surface area (Å²) < 4.78 is 8.02. The van der Waals surface area contributed by atoms with Crippen LogP contribution in [0.25, 0.3) is 0 Å². The van der Waals surface area contributed by atoms with Gasteiger partial charge in [0.05, 0.1) is 17.9 Å². The zero-order chi connectivity index (χ0) is 14.9. The van der Waals surface area contributed by atoms with Crippen LogP contribution in [0.2, 0.25) is 0 Å². The number of hydrogen-bond donors (Lipinski definition) is 1. The van der Waals surface area contributed by atoms with Crippen molar-refractivity contribution in [2.45, 2.75) is 72.3 Å². The molecule has 5 unspecified atom stereocenters. The summed E-state index contributed by atoms with van der Waals surface area (Å²) in [6.45, 7) is 11.7. The van der Waals surface area contributed by atoms with Gasteiger partial charge < -0.3 is 10.5 Å². The van der Waals surface area contributed by atoms with Gasteiger partial charge in [0.25, 0.3) is 0 Å². The maximum Gasteiger partial charge on any atom is 0.0624 e. The Balaban J connectivity index is 2.11. The van der Waals surface area contributed by atoms with E-state index < -0.39 is 0 Å². The molecule has 20 heavy (non-hydrogen) atoms. The third-order valence-corrected chi connectivity index (χ3v) is 4.83. The molecule has 4 heteroatoms. The van der Waals surface area contributed by atoms with Crippen LogP contribution >= 0.6 is 0 Å². The lowest BCUT2D eigenvalue weighted by molar-refractivity contribution is 0.0489. The summed E-state index contributed by atoms with van der Waals surface area (Å²) in [7, 11) is 0. The predicted octanol–water partition coefficient (Wildman–Crippen LogP) is 2.39. The average molecular weight is 279 g/mol. The molecule has 1 aliphatic rings. The van der Waals surface area contributed by atoms with Crippen LogP contribution < -0.4 is 5.73 Å². The summed E-state index contributed by atoms with van der Waals surface area (Å²) >= 11 is 0. The minimum atomic E-state index is 0.136. The smallest absolute Gasteiger partial charge is 0.0624 e. The second kappa shape index (κ2) is 6.27. The van der Waals surface area contributed by atoms with Gasteiger partial charge in [-0.1, -0.05) is 13.8 Å². The molecule has 114 valence electrons. The third-order valence-electron chi connectivity index (χ3n) is 4.83. The SMILES string of the molecule is CCc1cc(CC(N)C2C(C)OC(C)C2C)n(CC)n1. The standard InChI is InChI=1S/C16H29N3O/c1-6-13-8-14(19(7-2)18-13)9-15(17)16-10(3)11(4)20-12(16)5/h8,10-12,15-16H,6-7,9,17H2,1-5H3. The number of rotatable bonds is 5. The number of nitrogens with two attached hydrogens (primary N) is 1. The third kappa shape index (κ3) is 2.91. The number of aromatic nitrogens is 2. The zero-order valence-corrected chi connectivity index (χ0v) is 13.5. The van der Waals surface area contributed by atoms with Crippen molar-refractivity contribution >= 4 is 0 Å². The minimum Gasteiger partial charge on any atom is -0.375 e. The highest BCUT2D eigenvalue weighted by Gasteiger charge is 2.40. The summed E-state index contributed by atoms with van der Waals surface area (Å²) in [5.41, 5.74) is 8.93. The molecule has 0 aromatic carbocycles. The molecule has 2 N–H and O–H groups in total. The van der Waals surface area contributed by atoms with E-state index in [1.165, 1.54) is 5.69 Å². The molecule has 2 heterocycles. The largest absolute Gasteiger partial charge is 0.375 e. The Morgan fingerprint density at radius 3 is 2.50 bits per heavy atom. The first kappa shape index (κ1) is 15.5. The van der Waals surface area contributed by atoms with Crippen molar-refractivity contribution in [1.82, 2.24) is 9.78 Å². The maximum atomic E-state index is 6.51. The molecule has 1 aromatic heterocycles. The van der Waals surface area contributed by atoms with Crippen LogP contribution in [0.4, 0.5) is 0 Å². The Morgan fingerprint density at radius 1 is 1.30 bits per heavy atom. The summed E-state index contributed by atoms with van der Waals surface area (Å²) in [5, 5.41) is 4.61. The molecule has 5 atom stereocenters. The summed E-state index contributed by atoms with van der Waals surface area (Å²) in [5.74, 6) is 0.943. The van der Waals surface area contributed by atoms with Gasteiger partial charge in [0.2, 0.25) is 0 Å². The fraction of sp³-hybridized carbons (Fsp3) is 0.812. The molecule has 0 aliphatic carbocycles. The highest BCUT2D eigenvalue weighted by atomic mass is 16.5. The van der Waals surface area contributed by atoms with E-state index in [1.807, 2.05) is 0 Å². The maximum absolute atomic E-state index is 6.51. The van der Waals surface area contributed by atoms with Gasteiger partial charge in [-0.15, -0.1) is 0 Å². The molecule has 1 aromatic rings. The van der Waals surface area contributed by atoms with Gasteiger partial charge in [-0.2, -0.15) is 5.10 Å². The van der Waals surface area contributed by atoms with Gasteiger partial charge in [0, 0.05) is 30.6 Å². The second-order valence-corrected chi connectivity index (χ2v) is 6.15. The Morgan fingerprint density at radius 2 is 2.00 bits per heavy atom. The first-order valence-electron chi connectivity index (χ1n) is 7.94. The van der Waals surface area contributed by atoms with Crippen LogP contribution in [0, 0.1) is 11.8 Å². The van der Waals surface area contributed by atoms with Crippen molar-refractivity contribution in [2.75, 3.05) is 0 Å². The average Bonchev–Trinajstić information content (AvgIpc) is 2.91. The Hall–Kier alpha value is -0.870. The zero-order valence-electron chi connectivity index (χ0n) is 13.5. The van der Waals surface area contributed by atoms with Crippen molar-refractivity contribution in [1.29, 1.82) is 0 Å². The summed E-state index contributed by atoms with van der Waals surface area (Å²) in [6, 6.07) is 2.34. The van der Waals surface area contributed by atoms with E-state index >= 15 is 0 Å². The van der Waals surface area contributed by atoms with E-state index in [-0.39, 0.29) is 12.1 Å². The molecule has 2 rings (SSSR count). The Kier molecular flexibility index (Phi) is 4.86. The van der Waals surface area contributed by atoms with Crippen molar-refractivity contribution in [3.05, 3.63) is 17.5 Å². The minimum absolute atomic E-state index is 0.136. The van der Waals surface area contributed by atoms with E-state index in [4.69, 9.17) is 10.5 Å². The first-order valence-corrected chi connectivity index (χ1v) is 7.94. The van der Waals surface area contributed by atoms with Gasteiger partial charge in [0.1, 0.15) is 0 Å². The van der Waals surface area contributed by atoms with E-state index in [0.29, 0.717) is 17.9 Å². The van der Waals surface area contributed by atoms with Crippen LogP contribution in [0.5, 0.6) is 0 Å². The fourth-order valence-electron chi connectivity index (χ4n) is 3.54. The molecule has 4 nitrogen and oxygen atoms in total. The van der Waals surface area contributed by atoms with Crippen LogP contribution in [-0.2, 0) is 24.1 Å². The van der Waals surface area contributed by atoms with Gasteiger partial charge in [-0.3, -0.25) is 4.68 Å². The highest BCUT2D eigenvalue weighted by Crippen LogP contribution is 2.34. The topological polar surface area (TPSA) is 53.1 Å².